The number of hydrogen-bond acceptors (Lipinski definition) is 5. The summed E-state index contributed by atoms with van der Waals surface area (Å²) >= 11 is 0. The minimum atomic E-state index is -0.339. The zero-order valence-corrected chi connectivity index (χ0v) is 14.1. The topological polar surface area (TPSA) is 92.5 Å². The van der Waals surface area contributed by atoms with Gasteiger partial charge in [-0.25, -0.2) is 9.97 Å². The van der Waals surface area contributed by atoms with Gasteiger partial charge in [-0.3, -0.25) is 19.0 Å². The van der Waals surface area contributed by atoms with Crippen LogP contribution in [0.15, 0.2) is 49.2 Å². The van der Waals surface area contributed by atoms with Crippen molar-refractivity contribution in [2.45, 2.75) is 19.5 Å². The Morgan fingerprint density at radius 1 is 1.31 bits per heavy atom. The van der Waals surface area contributed by atoms with Gasteiger partial charge in [-0.05, 0) is 17.7 Å². The van der Waals surface area contributed by atoms with Gasteiger partial charge in [0.25, 0.3) is 0 Å². The average Bonchev–Trinajstić information content (AvgIpc) is 3.24. The number of imidazole rings is 1. The Morgan fingerprint density at radius 2 is 2.23 bits per heavy atom. The van der Waals surface area contributed by atoms with E-state index in [1.54, 1.807) is 27.9 Å². The molecule has 0 saturated carbocycles. The summed E-state index contributed by atoms with van der Waals surface area (Å²) in [6.45, 7) is 1.22. The van der Waals surface area contributed by atoms with Gasteiger partial charge in [0.2, 0.25) is 17.6 Å². The number of amides is 2. The second-order valence-electron chi connectivity index (χ2n) is 6.31. The van der Waals surface area contributed by atoms with Crippen LogP contribution in [0.3, 0.4) is 0 Å². The minimum absolute atomic E-state index is 0.00840. The van der Waals surface area contributed by atoms with E-state index in [0.29, 0.717) is 25.4 Å². The molecule has 1 fully saturated rings. The van der Waals surface area contributed by atoms with Crippen LogP contribution in [-0.2, 0) is 22.7 Å². The van der Waals surface area contributed by atoms with Crippen LogP contribution < -0.4 is 5.32 Å². The maximum Gasteiger partial charge on any atom is 0.233 e. The van der Waals surface area contributed by atoms with E-state index in [4.69, 9.17) is 0 Å². The van der Waals surface area contributed by atoms with Crippen molar-refractivity contribution < 1.29 is 9.59 Å². The Morgan fingerprint density at radius 3 is 3.04 bits per heavy atom. The summed E-state index contributed by atoms with van der Waals surface area (Å²) in [5, 5.41) is 2.87. The predicted octanol–water partition coefficient (Wildman–Crippen LogP) is 0.789. The number of carbonyl (C=O) groups is 2. The Labute approximate surface area is 149 Å². The molecule has 8 nitrogen and oxygen atoms in total. The van der Waals surface area contributed by atoms with E-state index in [9.17, 15) is 9.59 Å². The van der Waals surface area contributed by atoms with Gasteiger partial charge in [-0.2, -0.15) is 0 Å². The number of fused-ring (bicyclic) bond motifs is 1. The second kappa shape index (κ2) is 6.91. The Balaban J connectivity index is 1.34. The van der Waals surface area contributed by atoms with Crippen molar-refractivity contribution >= 4 is 17.6 Å². The summed E-state index contributed by atoms with van der Waals surface area (Å²) < 4.78 is 1.80. The number of nitrogens with zero attached hydrogens (tertiary/aromatic N) is 5. The van der Waals surface area contributed by atoms with E-state index in [-0.39, 0.29) is 24.2 Å². The molecule has 8 heteroatoms. The molecule has 0 spiro atoms. The van der Waals surface area contributed by atoms with Crippen LogP contribution in [0.2, 0.25) is 0 Å². The van der Waals surface area contributed by atoms with Crippen molar-refractivity contribution in [3.05, 3.63) is 60.4 Å². The van der Waals surface area contributed by atoms with Crippen LogP contribution in [0.4, 0.5) is 0 Å². The number of aromatic nitrogens is 4. The van der Waals surface area contributed by atoms with Crippen LogP contribution >= 0.6 is 0 Å². The minimum Gasteiger partial charge on any atom is -0.350 e. The zero-order valence-electron chi connectivity index (χ0n) is 14.1. The standard InChI is InChI=1S/C18H18N6O2/c25-16-7-14(11-24(16)10-13-3-1-4-19-8-13)17(26)21-9-15-12-23-6-2-5-20-18(23)22-15/h1-6,8,12,14H,7,9-11H2,(H,21,26)/t14-/m0/s1. The predicted molar refractivity (Wildman–Crippen MR) is 92.6 cm³/mol. The molecule has 132 valence electrons. The van der Waals surface area contributed by atoms with E-state index < -0.39 is 0 Å². The van der Waals surface area contributed by atoms with Crippen molar-refractivity contribution in [3.8, 4) is 0 Å². The molecular formula is C18H18N6O2. The molecule has 0 aliphatic carbocycles. The van der Waals surface area contributed by atoms with Crippen molar-refractivity contribution in [3.63, 3.8) is 0 Å². The normalized spacial score (nSPS) is 17.0. The maximum absolute atomic E-state index is 12.4. The van der Waals surface area contributed by atoms with Gasteiger partial charge in [-0.15, -0.1) is 0 Å². The van der Waals surface area contributed by atoms with E-state index in [2.05, 4.69) is 20.3 Å². The molecule has 26 heavy (non-hydrogen) atoms. The van der Waals surface area contributed by atoms with Crippen LogP contribution in [0.1, 0.15) is 17.7 Å². The fourth-order valence-electron chi connectivity index (χ4n) is 3.10. The first-order chi connectivity index (χ1) is 12.7. The van der Waals surface area contributed by atoms with E-state index in [1.165, 1.54) is 0 Å². The number of carbonyl (C=O) groups excluding carboxylic acids is 2. The average molecular weight is 350 g/mol. The highest BCUT2D eigenvalue weighted by molar-refractivity contribution is 5.89. The number of hydrogen-bond donors (Lipinski definition) is 1. The Hall–Kier alpha value is -3.29. The number of nitrogens with one attached hydrogen (secondary N) is 1. The second-order valence-corrected chi connectivity index (χ2v) is 6.31. The molecule has 0 aromatic carbocycles. The zero-order chi connectivity index (χ0) is 17.9. The molecule has 1 saturated heterocycles. The third kappa shape index (κ3) is 3.39. The van der Waals surface area contributed by atoms with Gasteiger partial charge in [0.15, 0.2) is 0 Å². The van der Waals surface area contributed by atoms with Gasteiger partial charge in [0.1, 0.15) is 0 Å². The van der Waals surface area contributed by atoms with Crippen LogP contribution in [0.25, 0.3) is 5.78 Å². The molecule has 3 aromatic heterocycles. The van der Waals surface area contributed by atoms with Crippen LogP contribution in [-0.4, -0.2) is 42.6 Å². The highest BCUT2D eigenvalue weighted by Crippen LogP contribution is 2.20. The molecule has 4 heterocycles. The van der Waals surface area contributed by atoms with Gasteiger partial charge in [0.05, 0.1) is 18.2 Å². The quantitative estimate of drug-likeness (QED) is 0.734. The van der Waals surface area contributed by atoms with E-state index >= 15 is 0 Å². The first-order valence-electron chi connectivity index (χ1n) is 8.42. The van der Waals surface area contributed by atoms with Crippen molar-refractivity contribution in [1.29, 1.82) is 0 Å². The summed E-state index contributed by atoms with van der Waals surface area (Å²) in [5.41, 5.74) is 1.69. The van der Waals surface area contributed by atoms with E-state index in [0.717, 1.165) is 11.3 Å². The Bertz CT molecular complexity index is 906. The van der Waals surface area contributed by atoms with Crippen LogP contribution in [0, 0.1) is 5.92 Å². The lowest BCUT2D eigenvalue weighted by atomic mass is 10.1. The maximum atomic E-state index is 12.4. The van der Waals surface area contributed by atoms with Crippen LogP contribution in [0.5, 0.6) is 0 Å². The third-order valence-corrected chi connectivity index (χ3v) is 4.41. The van der Waals surface area contributed by atoms with Gasteiger partial charge >= 0.3 is 0 Å². The monoisotopic (exact) mass is 350 g/mol. The molecule has 1 aliphatic heterocycles. The first-order valence-corrected chi connectivity index (χ1v) is 8.42. The molecule has 4 rings (SSSR count). The smallest absolute Gasteiger partial charge is 0.233 e. The molecule has 1 atom stereocenters. The summed E-state index contributed by atoms with van der Waals surface area (Å²) in [6, 6.07) is 5.58. The molecule has 0 radical (unpaired) electrons. The summed E-state index contributed by atoms with van der Waals surface area (Å²) in [6.07, 6.45) is 9.02. The SMILES string of the molecule is O=C(NCc1cn2cccnc2n1)[C@H]1CC(=O)N(Cc2cccnc2)C1. The number of rotatable bonds is 5. The summed E-state index contributed by atoms with van der Waals surface area (Å²) in [4.78, 5) is 38.9. The van der Waals surface area contributed by atoms with Gasteiger partial charge in [-0.1, -0.05) is 6.07 Å². The lowest BCUT2D eigenvalue weighted by Gasteiger charge is -2.16. The lowest BCUT2D eigenvalue weighted by Crippen LogP contribution is -2.32. The largest absolute Gasteiger partial charge is 0.350 e. The third-order valence-electron chi connectivity index (χ3n) is 4.41. The molecule has 1 aliphatic rings. The molecule has 3 aromatic rings. The van der Waals surface area contributed by atoms with Crippen molar-refractivity contribution in [1.82, 2.24) is 29.6 Å². The molecular weight excluding hydrogens is 332 g/mol. The van der Waals surface area contributed by atoms with Gasteiger partial charge < -0.3 is 10.2 Å². The summed E-state index contributed by atoms with van der Waals surface area (Å²) in [7, 11) is 0. The summed E-state index contributed by atoms with van der Waals surface area (Å²) in [5.74, 6) is 0.118. The molecule has 0 unspecified atom stereocenters. The van der Waals surface area contributed by atoms with Gasteiger partial charge in [0, 0.05) is 50.5 Å². The number of likely N-dealkylation sites (tertiary alicyclic amines) is 1. The first kappa shape index (κ1) is 16.2. The van der Waals surface area contributed by atoms with Crippen molar-refractivity contribution in [2.24, 2.45) is 5.92 Å². The highest BCUT2D eigenvalue weighted by atomic mass is 16.2. The number of pyridine rings is 1. The fourth-order valence-corrected chi connectivity index (χ4v) is 3.10. The molecule has 2 amide bonds. The lowest BCUT2D eigenvalue weighted by molar-refractivity contribution is -0.129. The molecule has 0 bridgehead atoms. The fraction of sp³-hybridized carbons (Fsp3) is 0.278. The molecule has 1 N–H and O–H groups in total. The highest BCUT2D eigenvalue weighted by Gasteiger charge is 2.34. The van der Waals surface area contributed by atoms with E-state index in [1.807, 2.05) is 30.6 Å². The van der Waals surface area contributed by atoms with Crippen molar-refractivity contribution in [2.75, 3.05) is 6.54 Å². The Kier molecular flexibility index (Phi) is 4.30.